The summed E-state index contributed by atoms with van der Waals surface area (Å²) in [7, 11) is 0. The van der Waals surface area contributed by atoms with E-state index < -0.39 is 12.6 Å². The van der Waals surface area contributed by atoms with Gasteiger partial charge in [0.1, 0.15) is 23.6 Å². The van der Waals surface area contributed by atoms with Crippen molar-refractivity contribution >= 4 is 11.6 Å². The Morgan fingerprint density at radius 3 is 2.84 bits per heavy atom. The number of carboxylic acids is 1. The molecule has 0 aliphatic carbocycles. The first kappa shape index (κ1) is 16.3. The van der Waals surface area contributed by atoms with Crippen LogP contribution >= 0.6 is 0 Å². The average Bonchev–Trinajstić information content (AvgIpc) is 2.97. The van der Waals surface area contributed by atoms with Gasteiger partial charge in [-0.2, -0.15) is 5.26 Å². The van der Waals surface area contributed by atoms with Gasteiger partial charge in [-0.25, -0.2) is 9.78 Å². The average molecular weight is 331 g/mol. The summed E-state index contributed by atoms with van der Waals surface area (Å²) in [5.41, 5.74) is 3.14. The molecule has 0 radical (unpaired) electrons. The van der Waals surface area contributed by atoms with Gasteiger partial charge in [0.2, 0.25) is 0 Å². The van der Waals surface area contributed by atoms with Crippen LogP contribution in [0.5, 0.6) is 0 Å². The van der Waals surface area contributed by atoms with Gasteiger partial charge in [-0.1, -0.05) is 18.1 Å². The maximum atomic E-state index is 10.6. The van der Waals surface area contributed by atoms with Crippen LogP contribution in [0.2, 0.25) is 0 Å². The monoisotopic (exact) mass is 331 g/mol. The number of nitrogens with zero attached hydrogens (tertiary/aromatic N) is 3. The van der Waals surface area contributed by atoms with Crippen molar-refractivity contribution < 1.29 is 14.6 Å². The zero-order chi connectivity index (χ0) is 17.6. The largest absolute Gasteiger partial charge is 0.480 e. The molecule has 0 bridgehead atoms. The molecule has 6 heteroatoms. The molecule has 25 heavy (non-hydrogen) atoms. The second-order valence-corrected chi connectivity index (χ2v) is 5.17. The Labute approximate surface area is 143 Å². The number of rotatable bonds is 4. The van der Waals surface area contributed by atoms with Crippen LogP contribution in [0.4, 0.5) is 0 Å². The Morgan fingerprint density at radius 1 is 1.20 bits per heavy atom. The SMILES string of the molecule is N#Cc1cccc(C#Cc2c(COCC(=O)O)nc3ccccn23)c1. The third-order valence-corrected chi connectivity index (χ3v) is 3.38. The topological polar surface area (TPSA) is 87.6 Å². The number of benzene rings is 1. The van der Waals surface area contributed by atoms with E-state index in [2.05, 4.69) is 22.9 Å². The van der Waals surface area contributed by atoms with E-state index in [9.17, 15) is 4.79 Å². The second kappa shape index (κ2) is 7.31. The smallest absolute Gasteiger partial charge is 0.329 e. The highest BCUT2D eigenvalue weighted by Crippen LogP contribution is 2.13. The molecule has 0 saturated carbocycles. The first-order valence-electron chi connectivity index (χ1n) is 7.45. The molecule has 0 spiro atoms. The lowest BCUT2D eigenvalue weighted by Gasteiger charge is -1.99. The minimum absolute atomic E-state index is 0.0518. The van der Waals surface area contributed by atoms with Crippen LogP contribution in [0, 0.1) is 23.2 Å². The molecule has 122 valence electrons. The molecule has 0 unspecified atom stereocenters. The molecule has 1 N–H and O–H groups in total. The minimum Gasteiger partial charge on any atom is -0.480 e. The van der Waals surface area contributed by atoms with Gasteiger partial charge in [-0.05, 0) is 36.3 Å². The summed E-state index contributed by atoms with van der Waals surface area (Å²) in [6, 6.07) is 14.6. The molecule has 3 rings (SSSR count). The molecule has 0 fully saturated rings. The number of hydrogen-bond acceptors (Lipinski definition) is 4. The van der Waals surface area contributed by atoms with E-state index in [0.29, 0.717) is 28.2 Å². The van der Waals surface area contributed by atoms with Crippen LogP contribution in [0.3, 0.4) is 0 Å². The van der Waals surface area contributed by atoms with Crippen molar-refractivity contribution in [1.82, 2.24) is 9.38 Å². The number of fused-ring (bicyclic) bond motifs is 1. The molecule has 3 aromatic rings. The number of aromatic nitrogens is 2. The Balaban J connectivity index is 1.98. The Hall–Kier alpha value is -3.61. The van der Waals surface area contributed by atoms with Crippen molar-refractivity contribution in [1.29, 1.82) is 5.26 Å². The molecule has 0 aliphatic heterocycles. The van der Waals surface area contributed by atoms with E-state index in [4.69, 9.17) is 15.1 Å². The molecule has 0 saturated heterocycles. The fraction of sp³-hybridized carbons (Fsp3) is 0.105. The first-order chi connectivity index (χ1) is 12.2. The van der Waals surface area contributed by atoms with Gasteiger partial charge in [-0.15, -0.1) is 0 Å². The number of hydrogen-bond donors (Lipinski definition) is 1. The summed E-state index contributed by atoms with van der Waals surface area (Å²) in [5, 5.41) is 17.7. The Kier molecular flexibility index (Phi) is 4.75. The van der Waals surface area contributed by atoms with E-state index in [-0.39, 0.29) is 6.61 Å². The number of pyridine rings is 1. The fourth-order valence-corrected chi connectivity index (χ4v) is 2.31. The van der Waals surface area contributed by atoms with Crippen molar-refractivity contribution in [2.75, 3.05) is 6.61 Å². The fourth-order valence-electron chi connectivity index (χ4n) is 2.31. The van der Waals surface area contributed by atoms with Gasteiger partial charge in [0, 0.05) is 11.8 Å². The number of aliphatic carboxylic acids is 1. The van der Waals surface area contributed by atoms with Gasteiger partial charge in [0.25, 0.3) is 0 Å². The molecule has 2 heterocycles. The quantitative estimate of drug-likeness (QED) is 0.741. The van der Waals surface area contributed by atoms with Gasteiger partial charge in [-0.3, -0.25) is 4.40 Å². The van der Waals surface area contributed by atoms with Gasteiger partial charge < -0.3 is 9.84 Å². The summed E-state index contributed by atoms with van der Waals surface area (Å²) in [6.45, 7) is -0.346. The highest BCUT2D eigenvalue weighted by atomic mass is 16.5. The molecule has 0 aliphatic rings. The minimum atomic E-state index is -1.04. The maximum Gasteiger partial charge on any atom is 0.329 e. The highest BCUT2D eigenvalue weighted by Gasteiger charge is 2.11. The predicted molar refractivity (Wildman–Crippen MR) is 89.6 cm³/mol. The second-order valence-electron chi connectivity index (χ2n) is 5.17. The molecule has 1 aromatic carbocycles. The number of carbonyl (C=O) groups is 1. The summed E-state index contributed by atoms with van der Waals surface area (Å²) in [5.74, 6) is 5.04. The van der Waals surface area contributed by atoms with Crippen molar-refractivity contribution in [2.45, 2.75) is 6.61 Å². The molecular weight excluding hydrogens is 318 g/mol. The van der Waals surface area contributed by atoms with Gasteiger partial charge in [0.15, 0.2) is 0 Å². The van der Waals surface area contributed by atoms with Crippen LogP contribution < -0.4 is 0 Å². The molecule has 6 nitrogen and oxygen atoms in total. The number of carboxylic acid groups (broad SMARTS) is 1. The molecule has 0 amide bonds. The van der Waals surface area contributed by atoms with Crippen molar-refractivity contribution in [3.63, 3.8) is 0 Å². The van der Waals surface area contributed by atoms with Crippen LogP contribution in [-0.4, -0.2) is 27.1 Å². The van der Waals surface area contributed by atoms with E-state index in [1.54, 1.807) is 18.2 Å². The maximum absolute atomic E-state index is 10.6. The van der Waals surface area contributed by atoms with E-state index in [1.807, 2.05) is 34.9 Å². The normalized spacial score (nSPS) is 10.0. The lowest BCUT2D eigenvalue weighted by molar-refractivity contribution is -0.142. The third-order valence-electron chi connectivity index (χ3n) is 3.38. The number of nitriles is 1. The van der Waals surface area contributed by atoms with E-state index in [1.165, 1.54) is 0 Å². The third kappa shape index (κ3) is 3.84. The summed E-state index contributed by atoms with van der Waals surface area (Å²) >= 11 is 0. The Morgan fingerprint density at radius 2 is 2.04 bits per heavy atom. The lowest BCUT2D eigenvalue weighted by Crippen LogP contribution is -2.07. The van der Waals surface area contributed by atoms with E-state index in [0.717, 1.165) is 0 Å². The van der Waals surface area contributed by atoms with Crippen LogP contribution in [-0.2, 0) is 16.1 Å². The van der Waals surface area contributed by atoms with Crippen LogP contribution in [0.1, 0.15) is 22.5 Å². The van der Waals surface area contributed by atoms with Crippen LogP contribution in [0.25, 0.3) is 5.65 Å². The van der Waals surface area contributed by atoms with Crippen molar-refractivity contribution in [3.05, 3.63) is 71.2 Å². The zero-order valence-electron chi connectivity index (χ0n) is 13.1. The molecular formula is C19H13N3O3. The standard InChI is InChI=1S/C19H13N3O3/c20-11-15-5-3-4-14(10-15)7-8-17-16(12-25-13-19(23)24)21-18-6-1-2-9-22(17)18/h1-6,9-10H,12-13H2,(H,23,24). The van der Waals surface area contributed by atoms with Crippen molar-refractivity contribution in [2.24, 2.45) is 0 Å². The zero-order valence-corrected chi connectivity index (χ0v) is 13.1. The summed E-state index contributed by atoms with van der Waals surface area (Å²) in [6.07, 6.45) is 1.83. The summed E-state index contributed by atoms with van der Waals surface area (Å²) < 4.78 is 6.97. The van der Waals surface area contributed by atoms with Crippen LogP contribution in [0.15, 0.2) is 48.7 Å². The molecule has 0 atom stereocenters. The lowest BCUT2D eigenvalue weighted by atomic mass is 10.1. The summed E-state index contributed by atoms with van der Waals surface area (Å²) in [4.78, 5) is 15.1. The van der Waals surface area contributed by atoms with Crippen molar-refractivity contribution in [3.8, 4) is 17.9 Å². The van der Waals surface area contributed by atoms with E-state index >= 15 is 0 Å². The highest BCUT2D eigenvalue weighted by molar-refractivity contribution is 5.68. The number of ether oxygens (including phenoxy) is 1. The number of imidazole rings is 1. The predicted octanol–water partition coefficient (Wildman–Crippen LogP) is 2.21. The van der Waals surface area contributed by atoms with Gasteiger partial charge >= 0.3 is 5.97 Å². The Bertz CT molecular complexity index is 1040. The first-order valence-corrected chi connectivity index (χ1v) is 7.45. The van der Waals surface area contributed by atoms with Gasteiger partial charge in [0.05, 0.1) is 18.2 Å². The molecule has 2 aromatic heterocycles.